The van der Waals surface area contributed by atoms with E-state index in [0.717, 1.165) is 12.1 Å². The Kier molecular flexibility index (Phi) is 4.50. The van der Waals surface area contributed by atoms with Gasteiger partial charge in [-0.2, -0.15) is 0 Å². The van der Waals surface area contributed by atoms with Crippen LogP contribution in [0.1, 0.15) is 11.1 Å². The molecule has 0 amide bonds. The van der Waals surface area contributed by atoms with E-state index >= 15 is 0 Å². The Morgan fingerprint density at radius 3 is 2.07 bits per heavy atom. The van der Waals surface area contributed by atoms with Crippen molar-refractivity contribution in [3.05, 3.63) is 82.9 Å². The molecule has 0 aliphatic rings. The van der Waals surface area contributed by atoms with Crippen molar-refractivity contribution < 1.29 is 22.3 Å². The number of methoxy groups -OCH3 is 1. The normalized spacial score (nSPS) is 11.2. The molecule has 1 aromatic heterocycles. The maximum absolute atomic E-state index is 14.1. The van der Waals surface area contributed by atoms with Gasteiger partial charge < -0.3 is 9.72 Å². The second-order valence-electron chi connectivity index (χ2n) is 6.21. The highest BCUT2D eigenvalue weighted by Crippen LogP contribution is 2.34. The first-order chi connectivity index (χ1) is 13.5. The summed E-state index contributed by atoms with van der Waals surface area (Å²) in [4.78, 5) is 7.14. The molecular weight excluding hydrogens is 372 g/mol. The van der Waals surface area contributed by atoms with Crippen molar-refractivity contribution in [2.24, 2.45) is 0 Å². The lowest BCUT2D eigenvalue weighted by molar-refractivity contribution is 0.414. The molecule has 4 rings (SSSR count). The molecule has 0 atom stereocenters. The number of H-pyrrole nitrogens is 1. The van der Waals surface area contributed by atoms with Gasteiger partial charge in [0.15, 0.2) is 0 Å². The largest absolute Gasteiger partial charge is 0.494 e. The number of fused-ring (bicyclic) bond motifs is 1. The molecule has 0 spiro atoms. The van der Waals surface area contributed by atoms with Crippen LogP contribution >= 0.6 is 0 Å². The van der Waals surface area contributed by atoms with Gasteiger partial charge in [0.1, 0.15) is 40.4 Å². The number of halogens is 4. The quantitative estimate of drug-likeness (QED) is 0.478. The Balaban J connectivity index is 1.85. The molecule has 1 heterocycles. The van der Waals surface area contributed by atoms with E-state index in [9.17, 15) is 17.6 Å². The SMILES string of the molecule is COc1c(Cc2c(F)cccc2F)ccc2[nH]c(-c3c(F)cccc3F)nc12. The molecule has 0 bridgehead atoms. The number of rotatable bonds is 4. The van der Waals surface area contributed by atoms with E-state index in [0.29, 0.717) is 16.6 Å². The van der Waals surface area contributed by atoms with Gasteiger partial charge in [-0.05, 0) is 30.3 Å². The van der Waals surface area contributed by atoms with Crippen molar-refractivity contribution in [2.45, 2.75) is 6.42 Å². The van der Waals surface area contributed by atoms with Gasteiger partial charge in [-0.25, -0.2) is 22.5 Å². The van der Waals surface area contributed by atoms with Crippen LogP contribution in [-0.4, -0.2) is 17.1 Å². The van der Waals surface area contributed by atoms with Crippen LogP contribution in [-0.2, 0) is 6.42 Å². The van der Waals surface area contributed by atoms with E-state index in [1.165, 1.54) is 31.4 Å². The van der Waals surface area contributed by atoms with E-state index < -0.39 is 23.3 Å². The third kappa shape index (κ3) is 2.98. The Hall–Kier alpha value is -3.35. The fourth-order valence-corrected chi connectivity index (χ4v) is 3.19. The number of aromatic nitrogens is 2. The molecule has 142 valence electrons. The average Bonchev–Trinajstić information content (AvgIpc) is 3.08. The van der Waals surface area contributed by atoms with E-state index in [1.807, 2.05) is 0 Å². The average molecular weight is 386 g/mol. The summed E-state index contributed by atoms with van der Waals surface area (Å²) in [5, 5.41) is 0. The second-order valence-corrected chi connectivity index (χ2v) is 6.21. The molecule has 4 aromatic rings. The summed E-state index contributed by atoms with van der Waals surface area (Å²) in [6, 6.07) is 10.4. The fraction of sp³-hybridized carbons (Fsp3) is 0.0952. The first-order valence-corrected chi connectivity index (χ1v) is 8.42. The highest BCUT2D eigenvalue weighted by atomic mass is 19.1. The van der Waals surface area contributed by atoms with E-state index in [4.69, 9.17) is 4.74 Å². The zero-order valence-electron chi connectivity index (χ0n) is 14.7. The summed E-state index contributed by atoms with van der Waals surface area (Å²) in [5.41, 5.74) is 0.895. The molecule has 3 aromatic carbocycles. The molecule has 7 heteroatoms. The fourth-order valence-electron chi connectivity index (χ4n) is 3.19. The Bertz CT molecular complexity index is 1150. The van der Waals surface area contributed by atoms with Gasteiger partial charge in [-0.3, -0.25) is 0 Å². The van der Waals surface area contributed by atoms with Gasteiger partial charge in [0.05, 0.1) is 18.2 Å². The van der Waals surface area contributed by atoms with Crippen molar-refractivity contribution in [2.75, 3.05) is 7.11 Å². The minimum atomic E-state index is -0.758. The lowest BCUT2D eigenvalue weighted by Crippen LogP contribution is -2.00. The lowest BCUT2D eigenvalue weighted by atomic mass is 10.0. The Labute approximate surface area is 157 Å². The van der Waals surface area contributed by atoms with E-state index in [2.05, 4.69) is 9.97 Å². The van der Waals surface area contributed by atoms with Crippen LogP contribution in [0.15, 0.2) is 48.5 Å². The molecule has 0 saturated carbocycles. The number of ether oxygens (including phenoxy) is 1. The van der Waals surface area contributed by atoms with Crippen molar-refractivity contribution in [3.63, 3.8) is 0 Å². The van der Waals surface area contributed by atoms with Gasteiger partial charge >= 0.3 is 0 Å². The molecule has 0 aliphatic heterocycles. The summed E-state index contributed by atoms with van der Waals surface area (Å²) < 4.78 is 61.6. The number of hydrogen-bond donors (Lipinski definition) is 1. The minimum absolute atomic E-state index is 0.00174. The smallest absolute Gasteiger partial charge is 0.150 e. The van der Waals surface area contributed by atoms with Crippen molar-refractivity contribution in [1.82, 2.24) is 9.97 Å². The zero-order valence-corrected chi connectivity index (χ0v) is 14.7. The molecule has 0 radical (unpaired) electrons. The number of nitrogens with zero attached hydrogens (tertiary/aromatic N) is 1. The summed E-state index contributed by atoms with van der Waals surface area (Å²) in [5.74, 6) is -2.58. The minimum Gasteiger partial charge on any atom is -0.494 e. The van der Waals surface area contributed by atoms with Crippen LogP contribution in [0.25, 0.3) is 22.4 Å². The summed E-state index contributed by atoms with van der Waals surface area (Å²) in [6.07, 6.45) is -0.0616. The predicted molar refractivity (Wildman–Crippen MR) is 97.2 cm³/mol. The van der Waals surface area contributed by atoms with Gasteiger partial charge in [0.2, 0.25) is 0 Å². The monoisotopic (exact) mass is 386 g/mol. The third-order valence-corrected chi connectivity index (χ3v) is 4.52. The number of hydrogen-bond acceptors (Lipinski definition) is 2. The van der Waals surface area contributed by atoms with Crippen LogP contribution in [0.2, 0.25) is 0 Å². The number of aromatic amines is 1. The maximum Gasteiger partial charge on any atom is 0.150 e. The molecule has 0 unspecified atom stereocenters. The molecular formula is C21H14F4N2O. The van der Waals surface area contributed by atoms with Crippen molar-refractivity contribution in [3.8, 4) is 17.1 Å². The van der Waals surface area contributed by atoms with Crippen LogP contribution in [0, 0.1) is 23.3 Å². The number of benzene rings is 3. The molecule has 0 saturated heterocycles. The highest BCUT2D eigenvalue weighted by molar-refractivity contribution is 5.86. The summed E-state index contributed by atoms with van der Waals surface area (Å²) in [6.45, 7) is 0. The van der Waals surface area contributed by atoms with Gasteiger partial charge in [-0.15, -0.1) is 0 Å². The Morgan fingerprint density at radius 1 is 0.857 bits per heavy atom. The third-order valence-electron chi connectivity index (χ3n) is 4.52. The van der Waals surface area contributed by atoms with Crippen molar-refractivity contribution >= 4 is 11.0 Å². The van der Waals surface area contributed by atoms with Gasteiger partial charge in [0.25, 0.3) is 0 Å². The topological polar surface area (TPSA) is 37.9 Å². The predicted octanol–water partition coefficient (Wildman–Crippen LogP) is 5.39. The summed E-state index contributed by atoms with van der Waals surface area (Å²) in [7, 11) is 1.40. The lowest BCUT2D eigenvalue weighted by Gasteiger charge is -2.10. The van der Waals surface area contributed by atoms with Gasteiger partial charge in [-0.1, -0.05) is 18.2 Å². The number of nitrogens with one attached hydrogen (secondary N) is 1. The van der Waals surface area contributed by atoms with Crippen LogP contribution in [0.5, 0.6) is 5.75 Å². The molecule has 0 fully saturated rings. The van der Waals surface area contributed by atoms with Crippen LogP contribution < -0.4 is 4.74 Å². The summed E-state index contributed by atoms with van der Waals surface area (Å²) >= 11 is 0. The molecule has 28 heavy (non-hydrogen) atoms. The van der Waals surface area contributed by atoms with Crippen LogP contribution in [0.3, 0.4) is 0 Å². The van der Waals surface area contributed by atoms with E-state index in [1.54, 1.807) is 12.1 Å². The maximum atomic E-state index is 14.1. The standard InChI is InChI=1S/C21H14F4N2O/c1-28-20-11(10-12-13(22)4-2-5-14(12)23)8-9-17-19(20)27-21(26-17)18-15(24)6-3-7-16(18)25/h2-9H,10H2,1H3,(H,26,27). The Morgan fingerprint density at radius 2 is 1.46 bits per heavy atom. The van der Waals surface area contributed by atoms with Crippen LogP contribution in [0.4, 0.5) is 17.6 Å². The second kappa shape index (κ2) is 6.99. The zero-order chi connectivity index (χ0) is 19.8. The van der Waals surface area contributed by atoms with Crippen molar-refractivity contribution in [1.29, 1.82) is 0 Å². The van der Waals surface area contributed by atoms with E-state index in [-0.39, 0.29) is 29.1 Å². The molecule has 0 aliphatic carbocycles. The van der Waals surface area contributed by atoms with Gasteiger partial charge in [0, 0.05) is 17.5 Å². The highest BCUT2D eigenvalue weighted by Gasteiger charge is 2.19. The first kappa shape index (κ1) is 18.0. The first-order valence-electron chi connectivity index (χ1n) is 8.42. The number of imidazole rings is 1. The molecule has 1 N–H and O–H groups in total. The molecule has 3 nitrogen and oxygen atoms in total.